The molecule has 0 aromatic heterocycles. The van der Waals surface area contributed by atoms with E-state index in [1.54, 1.807) is 26.0 Å². The molecule has 1 rings (SSSR count). The summed E-state index contributed by atoms with van der Waals surface area (Å²) in [5, 5.41) is 22.8. The van der Waals surface area contributed by atoms with E-state index in [0.29, 0.717) is 18.5 Å². The van der Waals surface area contributed by atoms with Gasteiger partial charge in [-0.25, -0.2) is 0 Å². The van der Waals surface area contributed by atoms with E-state index in [4.69, 9.17) is 5.11 Å². The van der Waals surface area contributed by atoms with Crippen LogP contribution in [0.25, 0.3) is 0 Å². The van der Waals surface area contributed by atoms with Crippen LogP contribution in [-0.4, -0.2) is 22.7 Å². The van der Waals surface area contributed by atoms with Gasteiger partial charge in [-0.3, -0.25) is 10.1 Å². The minimum absolute atomic E-state index is 0.126. The van der Waals surface area contributed by atoms with E-state index < -0.39 is 4.92 Å². The van der Waals surface area contributed by atoms with Crippen LogP contribution in [0.3, 0.4) is 0 Å². The summed E-state index contributed by atoms with van der Waals surface area (Å²) in [6.07, 6.45) is 0.308. The predicted molar refractivity (Wildman–Crippen MR) is 62.6 cm³/mol. The van der Waals surface area contributed by atoms with Crippen molar-refractivity contribution in [2.75, 3.05) is 11.9 Å². The molecule has 0 bridgehead atoms. The Bertz CT molecular complexity index is 377. The van der Waals surface area contributed by atoms with Gasteiger partial charge in [0.1, 0.15) is 0 Å². The molecule has 0 saturated carbocycles. The molecule has 0 amide bonds. The number of nitrogens with one attached hydrogen (secondary N) is 1. The lowest BCUT2D eigenvalue weighted by molar-refractivity contribution is -0.385. The highest BCUT2D eigenvalue weighted by atomic mass is 16.6. The second-order valence-corrected chi connectivity index (χ2v) is 3.82. The van der Waals surface area contributed by atoms with Gasteiger partial charge in [0.25, 0.3) is 5.69 Å². The summed E-state index contributed by atoms with van der Waals surface area (Å²) in [6.45, 7) is 4.08. The zero-order valence-corrected chi connectivity index (χ0v) is 9.43. The molecule has 0 fully saturated rings. The maximum absolute atomic E-state index is 10.6. The van der Waals surface area contributed by atoms with Crippen molar-refractivity contribution in [1.29, 1.82) is 0 Å². The van der Waals surface area contributed by atoms with Gasteiger partial charge in [-0.15, -0.1) is 0 Å². The van der Waals surface area contributed by atoms with Gasteiger partial charge in [0.05, 0.1) is 11.0 Å². The number of aliphatic hydroxyl groups excluding tert-OH is 1. The molecule has 0 spiro atoms. The maximum Gasteiger partial charge on any atom is 0.272 e. The third-order valence-electron chi connectivity index (χ3n) is 2.28. The smallest absolute Gasteiger partial charge is 0.272 e. The van der Waals surface area contributed by atoms with Crippen molar-refractivity contribution in [1.82, 2.24) is 0 Å². The highest BCUT2D eigenvalue weighted by Crippen LogP contribution is 2.21. The van der Waals surface area contributed by atoms with Gasteiger partial charge in [0.15, 0.2) is 0 Å². The van der Waals surface area contributed by atoms with Crippen LogP contribution in [0.4, 0.5) is 11.4 Å². The van der Waals surface area contributed by atoms with Crippen LogP contribution in [0, 0.1) is 17.0 Å². The Morgan fingerprint density at radius 3 is 2.75 bits per heavy atom. The van der Waals surface area contributed by atoms with Gasteiger partial charge < -0.3 is 10.4 Å². The van der Waals surface area contributed by atoms with Crippen LogP contribution in [0.2, 0.25) is 0 Å². The molecule has 1 aromatic carbocycles. The second-order valence-electron chi connectivity index (χ2n) is 3.82. The van der Waals surface area contributed by atoms with E-state index >= 15 is 0 Å². The van der Waals surface area contributed by atoms with Crippen LogP contribution in [0.5, 0.6) is 0 Å². The average molecular weight is 224 g/mol. The first kappa shape index (κ1) is 12.4. The third-order valence-corrected chi connectivity index (χ3v) is 2.28. The summed E-state index contributed by atoms with van der Waals surface area (Å²) in [6, 6.07) is 4.90. The van der Waals surface area contributed by atoms with Crippen molar-refractivity contribution in [2.45, 2.75) is 26.4 Å². The first-order chi connectivity index (χ1) is 7.50. The molecule has 1 aromatic rings. The fourth-order valence-electron chi connectivity index (χ4n) is 1.40. The summed E-state index contributed by atoms with van der Waals surface area (Å²) in [5.41, 5.74) is 1.59. The SMILES string of the molecule is Cc1cc(NCCC(C)O)ccc1[N+](=O)[O-]. The van der Waals surface area contributed by atoms with E-state index in [1.807, 2.05) is 0 Å². The molecule has 88 valence electrons. The molecule has 0 aliphatic heterocycles. The Kier molecular flexibility index (Phi) is 4.25. The van der Waals surface area contributed by atoms with Crippen LogP contribution in [0.1, 0.15) is 18.9 Å². The van der Waals surface area contributed by atoms with Crippen molar-refractivity contribution in [3.63, 3.8) is 0 Å². The van der Waals surface area contributed by atoms with Crippen LogP contribution in [-0.2, 0) is 0 Å². The van der Waals surface area contributed by atoms with Crippen LogP contribution in [0.15, 0.2) is 18.2 Å². The molecule has 16 heavy (non-hydrogen) atoms. The molecule has 0 aliphatic rings. The minimum Gasteiger partial charge on any atom is -0.393 e. The Hall–Kier alpha value is -1.62. The lowest BCUT2D eigenvalue weighted by atomic mass is 10.2. The summed E-state index contributed by atoms with van der Waals surface area (Å²) in [5.74, 6) is 0. The molecule has 0 radical (unpaired) electrons. The molecule has 1 atom stereocenters. The maximum atomic E-state index is 10.6. The summed E-state index contributed by atoms with van der Waals surface area (Å²) in [7, 11) is 0. The number of hydrogen-bond donors (Lipinski definition) is 2. The van der Waals surface area contributed by atoms with Gasteiger partial charge in [0.2, 0.25) is 0 Å². The molecule has 0 heterocycles. The van der Waals surface area contributed by atoms with Crippen molar-refractivity contribution in [3.05, 3.63) is 33.9 Å². The summed E-state index contributed by atoms with van der Waals surface area (Å²) >= 11 is 0. The number of anilines is 1. The van der Waals surface area contributed by atoms with Crippen molar-refractivity contribution >= 4 is 11.4 Å². The van der Waals surface area contributed by atoms with E-state index in [-0.39, 0.29) is 11.8 Å². The Labute approximate surface area is 94.3 Å². The Morgan fingerprint density at radius 2 is 2.25 bits per heavy atom. The highest BCUT2D eigenvalue weighted by molar-refractivity contribution is 5.53. The summed E-state index contributed by atoms with van der Waals surface area (Å²) in [4.78, 5) is 10.2. The number of nitro groups is 1. The number of aryl methyl sites for hydroxylation is 1. The van der Waals surface area contributed by atoms with Gasteiger partial charge in [0, 0.05) is 23.9 Å². The van der Waals surface area contributed by atoms with E-state index in [1.165, 1.54) is 6.07 Å². The highest BCUT2D eigenvalue weighted by Gasteiger charge is 2.09. The largest absolute Gasteiger partial charge is 0.393 e. The standard InChI is InChI=1S/C11H16N2O3/c1-8-7-10(12-6-5-9(2)14)3-4-11(8)13(15)16/h3-4,7,9,12,14H,5-6H2,1-2H3. The molecule has 0 saturated heterocycles. The van der Waals surface area contributed by atoms with E-state index in [0.717, 1.165) is 5.69 Å². The number of benzene rings is 1. The van der Waals surface area contributed by atoms with Crippen LogP contribution >= 0.6 is 0 Å². The lowest BCUT2D eigenvalue weighted by Crippen LogP contribution is -2.09. The normalized spacial score (nSPS) is 12.2. The monoisotopic (exact) mass is 224 g/mol. The fraction of sp³-hybridized carbons (Fsp3) is 0.455. The first-order valence-corrected chi connectivity index (χ1v) is 5.17. The molecule has 0 aliphatic carbocycles. The Morgan fingerprint density at radius 1 is 1.56 bits per heavy atom. The first-order valence-electron chi connectivity index (χ1n) is 5.17. The van der Waals surface area contributed by atoms with Crippen LogP contribution < -0.4 is 5.32 Å². The number of hydrogen-bond acceptors (Lipinski definition) is 4. The van der Waals surface area contributed by atoms with Gasteiger partial charge in [-0.2, -0.15) is 0 Å². The average Bonchev–Trinajstić information content (AvgIpc) is 2.16. The van der Waals surface area contributed by atoms with Gasteiger partial charge in [-0.1, -0.05) is 0 Å². The molecule has 2 N–H and O–H groups in total. The van der Waals surface area contributed by atoms with E-state index in [9.17, 15) is 10.1 Å². The Balaban J connectivity index is 2.63. The van der Waals surface area contributed by atoms with Gasteiger partial charge >= 0.3 is 0 Å². The zero-order chi connectivity index (χ0) is 12.1. The number of aliphatic hydroxyl groups is 1. The molecular weight excluding hydrogens is 208 g/mol. The van der Waals surface area contributed by atoms with Crippen molar-refractivity contribution in [2.24, 2.45) is 0 Å². The number of nitrogens with zero attached hydrogens (tertiary/aromatic N) is 1. The van der Waals surface area contributed by atoms with Crippen molar-refractivity contribution < 1.29 is 10.0 Å². The molecule has 5 heteroatoms. The van der Waals surface area contributed by atoms with Crippen molar-refractivity contribution in [3.8, 4) is 0 Å². The second kappa shape index (κ2) is 5.46. The predicted octanol–water partition coefficient (Wildman–Crippen LogP) is 2.09. The van der Waals surface area contributed by atoms with E-state index in [2.05, 4.69) is 5.32 Å². The molecular formula is C11H16N2O3. The minimum atomic E-state index is -0.394. The van der Waals surface area contributed by atoms with Gasteiger partial charge in [-0.05, 0) is 32.4 Å². The topological polar surface area (TPSA) is 75.4 Å². The molecule has 5 nitrogen and oxygen atoms in total. The third kappa shape index (κ3) is 3.51. The number of rotatable bonds is 5. The lowest BCUT2D eigenvalue weighted by Gasteiger charge is -2.08. The zero-order valence-electron chi connectivity index (χ0n) is 9.43. The molecule has 1 unspecified atom stereocenters. The number of nitro benzene ring substituents is 1. The summed E-state index contributed by atoms with van der Waals surface area (Å²) < 4.78 is 0. The fourth-order valence-corrected chi connectivity index (χ4v) is 1.40. The quantitative estimate of drug-likeness (QED) is 0.593.